The zero-order chi connectivity index (χ0) is 18.7. The Morgan fingerprint density at radius 2 is 1.62 bits per heavy atom. The van der Waals surface area contributed by atoms with Crippen LogP contribution in [0.25, 0.3) is 5.57 Å². The molecule has 0 bridgehead atoms. The maximum Gasteiger partial charge on any atom is 0.398 e. The van der Waals surface area contributed by atoms with Crippen LogP contribution in [0.1, 0.15) is 30.4 Å². The highest BCUT2D eigenvalue weighted by Gasteiger charge is 2.40. The summed E-state index contributed by atoms with van der Waals surface area (Å²) in [7, 11) is -4.71. The van der Waals surface area contributed by atoms with Gasteiger partial charge in [-0.2, -0.15) is 8.42 Å². The van der Waals surface area contributed by atoms with E-state index in [1.165, 1.54) is 6.92 Å². The molecule has 136 valence electrons. The summed E-state index contributed by atoms with van der Waals surface area (Å²) in [5.74, 6) is -0.735. The second-order valence-electron chi connectivity index (χ2n) is 5.95. The van der Waals surface area contributed by atoms with Crippen LogP contribution in [0.5, 0.6) is 0 Å². The van der Waals surface area contributed by atoms with Crippen molar-refractivity contribution in [3.63, 3.8) is 0 Å². The molecular weight excluding hydrogens is 356 g/mol. The van der Waals surface area contributed by atoms with Gasteiger partial charge < -0.3 is 4.74 Å². The van der Waals surface area contributed by atoms with E-state index in [4.69, 9.17) is 13.5 Å². The summed E-state index contributed by atoms with van der Waals surface area (Å²) in [6.45, 7) is 1.23. The van der Waals surface area contributed by atoms with Gasteiger partial charge in [-0.15, -0.1) is 0 Å². The quantitative estimate of drug-likeness (QED) is 0.638. The SMILES string of the molecule is CC(=O)OC1=C(c2ccccc2)[C@@H](c2ccccc2)C[C@@H]1OS(=O)(=O)O. The van der Waals surface area contributed by atoms with E-state index in [-0.39, 0.29) is 18.1 Å². The molecule has 2 atom stereocenters. The van der Waals surface area contributed by atoms with Crippen LogP contribution < -0.4 is 0 Å². The van der Waals surface area contributed by atoms with Gasteiger partial charge in [-0.25, -0.2) is 4.18 Å². The van der Waals surface area contributed by atoms with E-state index < -0.39 is 22.5 Å². The fourth-order valence-corrected chi connectivity index (χ4v) is 3.70. The Labute approximate surface area is 152 Å². The van der Waals surface area contributed by atoms with Crippen molar-refractivity contribution in [2.45, 2.75) is 25.4 Å². The average Bonchev–Trinajstić information content (AvgIpc) is 2.92. The van der Waals surface area contributed by atoms with Crippen molar-refractivity contribution in [2.75, 3.05) is 0 Å². The monoisotopic (exact) mass is 374 g/mol. The second kappa shape index (κ2) is 7.41. The smallest absolute Gasteiger partial charge is 0.398 e. The number of carbonyl (C=O) groups is 1. The Hall–Kier alpha value is -2.48. The summed E-state index contributed by atoms with van der Waals surface area (Å²) in [4.78, 5) is 11.6. The summed E-state index contributed by atoms with van der Waals surface area (Å²) in [6, 6.07) is 18.7. The van der Waals surface area contributed by atoms with E-state index in [9.17, 15) is 13.2 Å². The molecule has 3 rings (SSSR count). The first-order chi connectivity index (χ1) is 12.3. The van der Waals surface area contributed by atoms with Gasteiger partial charge in [0.15, 0.2) is 0 Å². The molecule has 0 radical (unpaired) electrons. The first-order valence-corrected chi connectivity index (χ1v) is 9.40. The molecule has 1 aliphatic rings. The van der Waals surface area contributed by atoms with Crippen molar-refractivity contribution < 1.29 is 26.7 Å². The van der Waals surface area contributed by atoms with Crippen LogP contribution in [0.15, 0.2) is 66.4 Å². The number of rotatable bonds is 5. The third kappa shape index (κ3) is 4.19. The van der Waals surface area contributed by atoms with E-state index >= 15 is 0 Å². The number of hydrogen-bond acceptors (Lipinski definition) is 5. The number of carbonyl (C=O) groups excluding carboxylic acids is 1. The molecule has 26 heavy (non-hydrogen) atoms. The van der Waals surface area contributed by atoms with Gasteiger partial charge in [0.25, 0.3) is 0 Å². The highest BCUT2D eigenvalue weighted by atomic mass is 32.3. The van der Waals surface area contributed by atoms with Gasteiger partial charge in [-0.1, -0.05) is 60.7 Å². The molecule has 0 aromatic heterocycles. The molecule has 0 aliphatic heterocycles. The van der Waals surface area contributed by atoms with Gasteiger partial charge in [0.1, 0.15) is 11.9 Å². The number of benzene rings is 2. The summed E-state index contributed by atoms with van der Waals surface area (Å²) in [6.07, 6.45) is -0.870. The fraction of sp³-hybridized carbons (Fsp3) is 0.211. The Morgan fingerprint density at radius 3 is 2.15 bits per heavy atom. The molecule has 0 fully saturated rings. The molecule has 0 saturated carbocycles. The molecule has 0 unspecified atom stereocenters. The van der Waals surface area contributed by atoms with E-state index in [0.717, 1.165) is 11.1 Å². The predicted octanol–water partition coefficient (Wildman–Crippen LogP) is 3.34. The first-order valence-electron chi connectivity index (χ1n) is 8.03. The van der Waals surface area contributed by atoms with Crippen LogP contribution in [-0.4, -0.2) is 25.0 Å². The third-order valence-electron chi connectivity index (χ3n) is 4.13. The number of esters is 1. The molecule has 1 aliphatic carbocycles. The van der Waals surface area contributed by atoms with Gasteiger partial charge >= 0.3 is 16.4 Å². The Morgan fingerprint density at radius 1 is 1.04 bits per heavy atom. The lowest BCUT2D eigenvalue weighted by Gasteiger charge is -2.16. The molecule has 0 spiro atoms. The maximum atomic E-state index is 11.6. The van der Waals surface area contributed by atoms with Gasteiger partial charge in [0.05, 0.1) is 0 Å². The molecule has 6 nitrogen and oxygen atoms in total. The van der Waals surface area contributed by atoms with Crippen LogP contribution in [0.4, 0.5) is 0 Å². The third-order valence-corrected chi connectivity index (χ3v) is 4.61. The lowest BCUT2D eigenvalue weighted by atomic mass is 9.88. The highest BCUT2D eigenvalue weighted by Crippen LogP contribution is 2.47. The fourth-order valence-electron chi connectivity index (χ4n) is 3.24. The van der Waals surface area contributed by atoms with Crippen molar-refractivity contribution in [2.24, 2.45) is 0 Å². The van der Waals surface area contributed by atoms with Crippen LogP contribution in [-0.2, 0) is 24.1 Å². The van der Waals surface area contributed by atoms with Crippen molar-refractivity contribution in [1.82, 2.24) is 0 Å². The predicted molar refractivity (Wildman–Crippen MR) is 95.3 cm³/mol. The van der Waals surface area contributed by atoms with Gasteiger partial charge in [0.2, 0.25) is 0 Å². The topological polar surface area (TPSA) is 89.9 Å². The largest absolute Gasteiger partial charge is 0.428 e. The Kier molecular flexibility index (Phi) is 5.22. The zero-order valence-corrected chi connectivity index (χ0v) is 14.8. The second-order valence-corrected chi connectivity index (χ2v) is 7.00. The number of ether oxygens (including phenoxy) is 1. The molecule has 2 aromatic carbocycles. The maximum absolute atomic E-state index is 11.6. The highest BCUT2D eigenvalue weighted by molar-refractivity contribution is 7.80. The first kappa shape index (κ1) is 18.3. The minimum absolute atomic E-state index is 0.107. The summed E-state index contributed by atoms with van der Waals surface area (Å²) >= 11 is 0. The molecule has 0 saturated heterocycles. The van der Waals surface area contributed by atoms with Gasteiger partial charge in [-0.3, -0.25) is 9.35 Å². The van der Waals surface area contributed by atoms with Gasteiger partial charge in [-0.05, 0) is 17.5 Å². The van der Waals surface area contributed by atoms with Crippen molar-refractivity contribution in [3.05, 3.63) is 77.5 Å². The zero-order valence-electron chi connectivity index (χ0n) is 14.0. The molecule has 2 aromatic rings. The molecule has 0 amide bonds. The summed E-state index contributed by atoms with van der Waals surface area (Å²) < 4.78 is 41.8. The summed E-state index contributed by atoms with van der Waals surface area (Å²) in [5, 5.41) is 0. The van der Waals surface area contributed by atoms with Crippen LogP contribution in [0, 0.1) is 0 Å². The van der Waals surface area contributed by atoms with E-state index in [0.29, 0.717) is 5.57 Å². The Balaban J connectivity index is 2.16. The molecule has 7 heteroatoms. The normalized spacial score (nSPS) is 20.2. The van der Waals surface area contributed by atoms with Crippen molar-refractivity contribution >= 4 is 21.9 Å². The van der Waals surface area contributed by atoms with E-state index in [2.05, 4.69) is 0 Å². The van der Waals surface area contributed by atoms with E-state index in [1.807, 2.05) is 60.7 Å². The summed E-state index contributed by atoms with van der Waals surface area (Å²) in [5.41, 5.74) is 2.39. The van der Waals surface area contributed by atoms with Crippen LogP contribution in [0.2, 0.25) is 0 Å². The minimum atomic E-state index is -4.71. The molecule has 1 N–H and O–H groups in total. The lowest BCUT2D eigenvalue weighted by Crippen LogP contribution is -2.20. The van der Waals surface area contributed by atoms with Crippen LogP contribution >= 0.6 is 0 Å². The lowest BCUT2D eigenvalue weighted by molar-refractivity contribution is -0.138. The number of hydrogen-bond donors (Lipinski definition) is 1. The number of allylic oxidation sites excluding steroid dienone is 1. The molecule has 0 heterocycles. The minimum Gasteiger partial charge on any atom is -0.428 e. The van der Waals surface area contributed by atoms with Gasteiger partial charge in [0, 0.05) is 18.4 Å². The van der Waals surface area contributed by atoms with E-state index in [1.54, 1.807) is 0 Å². The van der Waals surface area contributed by atoms with Crippen LogP contribution in [0.3, 0.4) is 0 Å². The Bertz CT molecular complexity index is 919. The molecular formula is C19H18O6S. The standard InChI is InChI=1S/C19H18O6S/c1-13(20)24-19-17(25-26(21,22)23)12-16(14-8-4-2-5-9-14)18(19)15-10-6-3-7-11-15/h2-11,16-17H,12H2,1H3,(H,21,22,23)/t16-,17+/m1/s1. The average molecular weight is 374 g/mol. The van der Waals surface area contributed by atoms with Crippen molar-refractivity contribution in [1.29, 1.82) is 0 Å². The van der Waals surface area contributed by atoms with Crippen molar-refractivity contribution in [3.8, 4) is 0 Å².